The Morgan fingerprint density at radius 2 is 1.68 bits per heavy atom. The highest BCUT2D eigenvalue weighted by Crippen LogP contribution is 2.24. The predicted octanol–water partition coefficient (Wildman–Crippen LogP) is 1.12. The van der Waals surface area contributed by atoms with E-state index in [1.165, 1.54) is 12.1 Å². The largest absolute Gasteiger partial charge is 0.504 e. The Labute approximate surface area is 130 Å². The first-order valence-corrected chi connectivity index (χ1v) is 7.25. The van der Waals surface area contributed by atoms with Gasteiger partial charge in [-0.1, -0.05) is 36.4 Å². The van der Waals surface area contributed by atoms with Crippen LogP contribution in [0, 0.1) is 0 Å². The molecule has 6 N–H and O–H groups in total. The molecule has 2 aromatic carbocycles. The number of aromatic hydroxyl groups is 2. The summed E-state index contributed by atoms with van der Waals surface area (Å²) in [5.74, 6) is -0.297. The molecule has 0 bridgehead atoms. The molecular weight excluding hydrogens is 280 g/mol. The fourth-order valence-corrected chi connectivity index (χ4v) is 2.22. The van der Waals surface area contributed by atoms with Crippen LogP contribution in [0.25, 0.3) is 0 Å². The maximum Gasteiger partial charge on any atom is 0.157 e. The zero-order valence-electron chi connectivity index (χ0n) is 12.3. The van der Waals surface area contributed by atoms with Crippen LogP contribution in [0.3, 0.4) is 0 Å². The topological polar surface area (TPSA) is 98.7 Å². The number of phenols is 2. The molecule has 2 aromatic rings. The van der Waals surface area contributed by atoms with Gasteiger partial charge in [0.2, 0.25) is 0 Å². The van der Waals surface area contributed by atoms with Crippen molar-refractivity contribution in [2.45, 2.75) is 25.1 Å². The Kier molecular flexibility index (Phi) is 5.77. The lowest BCUT2D eigenvalue weighted by Crippen LogP contribution is -2.42. The second-order valence-electron chi connectivity index (χ2n) is 5.37. The molecule has 0 radical (unpaired) electrons. The summed E-state index contributed by atoms with van der Waals surface area (Å²) >= 11 is 0. The van der Waals surface area contributed by atoms with Crippen LogP contribution >= 0.6 is 0 Å². The Balaban J connectivity index is 1.77. The van der Waals surface area contributed by atoms with Crippen molar-refractivity contribution >= 4 is 0 Å². The number of aliphatic hydroxyl groups excluding tert-OH is 1. The van der Waals surface area contributed by atoms with Crippen LogP contribution in [-0.2, 0) is 13.0 Å². The summed E-state index contributed by atoms with van der Waals surface area (Å²) in [5.41, 5.74) is 7.92. The third-order valence-electron chi connectivity index (χ3n) is 3.53. The van der Waals surface area contributed by atoms with Crippen molar-refractivity contribution in [3.05, 3.63) is 59.7 Å². The lowest BCUT2D eigenvalue weighted by Gasteiger charge is -2.19. The van der Waals surface area contributed by atoms with E-state index in [1.54, 1.807) is 6.07 Å². The van der Waals surface area contributed by atoms with Crippen LogP contribution in [0.15, 0.2) is 48.5 Å². The lowest BCUT2D eigenvalue weighted by atomic mass is 10.0. The van der Waals surface area contributed by atoms with Crippen molar-refractivity contribution in [3.8, 4) is 11.5 Å². The molecule has 118 valence electrons. The molecule has 0 aliphatic heterocycles. The van der Waals surface area contributed by atoms with Gasteiger partial charge < -0.3 is 26.4 Å². The maximum absolute atomic E-state index is 10.1. The SMILES string of the molecule is N[C@@H](Cc1ccccc1)[C@H](O)CNCc1ccc(O)c(O)c1. The van der Waals surface area contributed by atoms with Crippen molar-refractivity contribution in [2.75, 3.05) is 6.54 Å². The number of hydrogen-bond acceptors (Lipinski definition) is 5. The van der Waals surface area contributed by atoms with Gasteiger partial charge in [0.15, 0.2) is 11.5 Å². The third kappa shape index (κ3) is 4.73. The van der Waals surface area contributed by atoms with Crippen molar-refractivity contribution < 1.29 is 15.3 Å². The zero-order valence-corrected chi connectivity index (χ0v) is 12.3. The van der Waals surface area contributed by atoms with Crippen LogP contribution in [0.4, 0.5) is 0 Å². The van der Waals surface area contributed by atoms with E-state index in [0.29, 0.717) is 19.5 Å². The van der Waals surface area contributed by atoms with Gasteiger partial charge in [0.05, 0.1) is 6.10 Å². The van der Waals surface area contributed by atoms with E-state index < -0.39 is 6.10 Å². The fourth-order valence-electron chi connectivity index (χ4n) is 2.22. The van der Waals surface area contributed by atoms with Gasteiger partial charge in [0.25, 0.3) is 0 Å². The predicted molar refractivity (Wildman–Crippen MR) is 85.6 cm³/mol. The second kappa shape index (κ2) is 7.79. The van der Waals surface area contributed by atoms with E-state index in [0.717, 1.165) is 11.1 Å². The normalized spacial score (nSPS) is 13.7. The van der Waals surface area contributed by atoms with Crippen molar-refractivity contribution in [2.24, 2.45) is 5.73 Å². The number of nitrogens with two attached hydrogens (primary N) is 1. The van der Waals surface area contributed by atoms with E-state index in [2.05, 4.69) is 5.32 Å². The first-order valence-electron chi connectivity index (χ1n) is 7.25. The summed E-state index contributed by atoms with van der Waals surface area (Å²) in [6.07, 6.45) is -0.0464. The molecular formula is C17H22N2O3. The summed E-state index contributed by atoms with van der Waals surface area (Å²) in [6.45, 7) is 0.832. The Hall–Kier alpha value is -2.08. The van der Waals surface area contributed by atoms with E-state index in [-0.39, 0.29) is 17.5 Å². The Bertz CT molecular complexity index is 590. The summed E-state index contributed by atoms with van der Waals surface area (Å²) in [6, 6.07) is 14.1. The van der Waals surface area contributed by atoms with Crippen LogP contribution in [0.1, 0.15) is 11.1 Å². The van der Waals surface area contributed by atoms with Gasteiger partial charge in [-0.2, -0.15) is 0 Å². The molecule has 0 unspecified atom stereocenters. The summed E-state index contributed by atoms with van der Waals surface area (Å²) in [7, 11) is 0. The molecule has 22 heavy (non-hydrogen) atoms. The highest BCUT2D eigenvalue weighted by Gasteiger charge is 2.14. The van der Waals surface area contributed by atoms with Crippen molar-refractivity contribution in [1.29, 1.82) is 0 Å². The maximum atomic E-state index is 10.1. The van der Waals surface area contributed by atoms with E-state index in [1.807, 2.05) is 30.3 Å². The summed E-state index contributed by atoms with van der Waals surface area (Å²) < 4.78 is 0. The second-order valence-corrected chi connectivity index (χ2v) is 5.37. The smallest absolute Gasteiger partial charge is 0.157 e. The summed E-state index contributed by atoms with van der Waals surface area (Å²) in [5, 5.41) is 31.8. The monoisotopic (exact) mass is 302 g/mol. The minimum atomic E-state index is -0.661. The number of phenolic OH excluding ortho intramolecular Hbond substituents is 2. The molecule has 0 aliphatic carbocycles. The zero-order chi connectivity index (χ0) is 15.9. The fraction of sp³-hybridized carbons (Fsp3) is 0.294. The van der Waals surface area contributed by atoms with Gasteiger partial charge in [0, 0.05) is 19.1 Å². The van der Waals surface area contributed by atoms with Gasteiger partial charge in [-0.3, -0.25) is 0 Å². The number of nitrogens with one attached hydrogen (secondary N) is 1. The Morgan fingerprint density at radius 3 is 2.36 bits per heavy atom. The molecule has 0 saturated carbocycles. The van der Waals surface area contributed by atoms with Gasteiger partial charge in [-0.25, -0.2) is 0 Å². The molecule has 0 spiro atoms. The Morgan fingerprint density at radius 1 is 0.955 bits per heavy atom. The first-order chi connectivity index (χ1) is 10.6. The molecule has 2 atom stereocenters. The van der Waals surface area contributed by atoms with Crippen molar-refractivity contribution in [1.82, 2.24) is 5.32 Å². The van der Waals surface area contributed by atoms with Crippen LogP contribution in [0.5, 0.6) is 11.5 Å². The number of hydrogen-bond donors (Lipinski definition) is 5. The molecule has 2 rings (SSSR count). The number of rotatable bonds is 7. The minimum Gasteiger partial charge on any atom is -0.504 e. The van der Waals surface area contributed by atoms with E-state index in [9.17, 15) is 15.3 Å². The van der Waals surface area contributed by atoms with Crippen molar-refractivity contribution in [3.63, 3.8) is 0 Å². The highest BCUT2D eigenvalue weighted by molar-refractivity contribution is 5.40. The van der Waals surface area contributed by atoms with Gasteiger partial charge in [0.1, 0.15) is 0 Å². The highest BCUT2D eigenvalue weighted by atomic mass is 16.3. The first kappa shape index (κ1) is 16.3. The number of aliphatic hydroxyl groups is 1. The molecule has 5 heteroatoms. The van der Waals surface area contributed by atoms with Crippen LogP contribution in [0.2, 0.25) is 0 Å². The van der Waals surface area contributed by atoms with Gasteiger partial charge in [-0.05, 0) is 29.7 Å². The summed E-state index contributed by atoms with van der Waals surface area (Å²) in [4.78, 5) is 0. The molecule has 0 aliphatic rings. The lowest BCUT2D eigenvalue weighted by molar-refractivity contribution is 0.141. The molecule has 0 heterocycles. The number of benzene rings is 2. The molecule has 0 aromatic heterocycles. The molecule has 5 nitrogen and oxygen atoms in total. The molecule has 0 fully saturated rings. The van der Waals surface area contributed by atoms with E-state index in [4.69, 9.17) is 5.73 Å². The van der Waals surface area contributed by atoms with Crippen LogP contribution < -0.4 is 11.1 Å². The molecule has 0 amide bonds. The quantitative estimate of drug-likeness (QED) is 0.494. The standard InChI is InChI=1S/C17H22N2O3/c18-14(8-12-4-2-1-3-5-12)17(22)11-19-10-13-6-7-15(20)16(21)9-13/h1-7,9,14,17,19-22H,8,10-11,18H2/t14-,17+/m0/s1. The van der Waals surface area contributed by atoms with Crippen LogP contribution in [-0.4, -0.2) is 34.0 Å². The van der Waals surface area contributed by atoms with E-state index >= 15 is 0 Å². The minimum absolute atomic E-state index is 0.145. The van der Waals surface area contributed by atoms with Gasteiger partial charge in [-0.15, -0.1) is 0 Å². The third-order valence-corrected chi connectivity index (χ3v) is 3.53. The van der Waals surface area contributed by atoms with Gasteiger partial charge >= 0.3 is 0 Å². The molecule has 0 saturated heterocycles. The average Bonchev–Trinajstić information content (AvgIpc) is 2.51. The average molecular weight is 302 g/mol.